The molecule has 11 heteroatoms. The van der Waals surface area contributed by atoms with Gasteiger partial charge in [-0.2, -0.15) is 17.5 Å². The van der Waals surface area contributed by atoms with Crippen LogP contribution >= 0.6 is 0 Å². The number of aromatic nitrogens is 2. The van der Waals surface area contributed by atoms with Crippen molar-refractivity contribution < 1.29 is 30.8 Å². The number of nitrogens with zero attached hydrogens (tertiary/aromatic N) is 3. The molecular formula is C18H16F3N3O4S. The first-order valence-corrected chi connectivity index (χ1v) is 10.3. The van der Waals surface area contributed by atoms with Crippen LogP contribution in [0.25, 0.3) is 11.0 Å². The maximum atomic E-state index is 12.8. The molecule has 0 aliphatic carbocycles. The maximum Gasteiger partial charge on any atom is 0.416 e. The lowest BCUT2D eigenvalue weighted by Crippen LogP contribution is -2.32. The van der Waals surface area contributed by atoms with Crippen molar-refractivity contribution in [1.82, 2.24) is 14.4 Å². The van der Waals surface area contributed by atoms with Crippen LogP contribution in [0, 0.1) is 0 Å². The number of fused-ring (bicyclic) bond motifs is 1. The minimum Gasteiger partial charge on any atom is -0.473 e. The number of hydrogen-bond donors (Lipinski definition) is 0. The number of sulfonamides is 1. The quantitative estimate of drug-likeness (QED) is 0.622. The van der Waals surface area contributed by atoms with E-state index in [4.69, 9.17) is 9.26 Å². The summed E-state index contributed by atoms with van der Waals surface area (Å²) in [5.74, 6) is -0.523. The summed E-state index contributed by atoms with van der Waals surface area (Å²) in [6, 6.07) is 8.60. The van der Waals surface area contributed by atoms with Crippen LogP contribution in [-0.4, -0.2) is 42.1 Å². The van der Waals surface area contributed by atoms with Crippen molar-refractivity contribution in [3.8, 4) is 5.88 Å². The van der Waals surface area contributed by atoms with Crippen LogP contribution < -0.4 is 4.74 Å². The zero-order valence-corrected chi connectivity index (χ0v) is 15.8. The minimum atomic E-state index is -4.51. The molecule has 0 radical (unpaired) electrons. The average molecular weight is 427 g/mol. The first-order valence-electron chi connectivity index (χ1n) is 8.73. The van der Waals surface area contributed by atoms with Gasteiger partial charge in [-0.25, -0.2) is 13.4 Å². The zero-order chi connectivity index (χ0) is 20.6. The number of hydrogen-bond acceptors (Lipinski definition) is 6. The van der Waals surface area contributed by atoms with Crippen LogP contribution in [0.5, 0.6) is 5.88 Å². The van der Waals surface area contributed by atoms with Gasteiger partial charge in [0.1, 0.15) is 17.6 Å². The molecule has 0 N–H and O–H groups in total. The van der Waals surface area contributed by atoms with Gasteiger partial charge in [-0.05, 0) is 24.6 Å². The Morgan fingerprint density at radius 1 is 1.24 bits per heavy atom. The summed E-state index contributed by atoms with van der Waals surface area (Å²) in [6.45, 7) is 0.220. The molecule has 3 aromatic rings. The van der Waals surface area contributed by atoms with E-state index < -0.39 is 27.9 Å². The van der Waals surface area contributed by atoms with Gasteiger partial charge in [0.2, 0.25) is 15.9 Å². The number of benzene rings is 1. The predicted octanol–water partition coefficient (Wildman–Crippen LogP) is 3.22. The Balaban J connectivity index is 1.44. The van der Waals surface area contributed by atoms with Crippen molar-refractivity contribution in [1.29, 1.82) is 0 Å². The van der Waals surface area contributed by atoms with E-state index in [2.05, 4.69) is 10.1 Å². The van der Waals surface area contributed by atoms with Gasteiger partial charge < -0.3 is 9.26 Å². The number of para-hydroxylation sites is 1. The van der Waals surface area contributed by atoms with E-state index in [9.17, 15) is 21.6 Å². The van der Waals surface area contributed by atoms with Crippen LogP contribution in [0.15, 0.2) is 47.1 Å². The highest BCUT2D eigenvalue weighted by atomic mass is 32.2. The lowest BCUT2D eigenvalue weighted by atomic mass is 10.2. The molecule has 3 heterocycles. The van der Waals surface area contributed by atoms with Crippen molar-refractivity contribution in [2.24, 2.45) is 0 Å². The van der Waals surface area contributed by atoms with Crippen LogP contribution in [0.1, 0.15) is 17.7 Å². The molecule has 1 saturated heterocycles. The lowest BCUT2D eigenvalue weighted by Gasteiger charge is -2.17. The monoisotopic (exact) mass is 427 g/mol. The van der Waals surface area contributed by atoms with E-state index in [1.807, 2.05) is 0 Å². The minimum absolute atomic E-state index is 0.0239. The van der Waals surface area contributed by atoms with Crippen LogP contribution in [-0.2, 0) is 22.0 Å². The van der Waals surface area contributed by atoms with Crippen molar-refractivity contribution in [2.75, 3.05) is 13.1 Å². The fourth-order valence-corrected chi connectivity index (χ4v) is 4.69. The summed E-state index contributed by atoms with van der Waals surface area (Å²) in [5.41, 5.74) is -0.0663. The molecule has 4 rings (SSSR count). The number of pyridine rings is 1. The lowest BCUT2D eigenvalue weighted by molar-refractivity contribution is -0.137. The Bertz CT molecular complexity index is 1130. The molecule has 1 aromatic carbocycles. The molecule has 2 aromatic heterocycles. The molecule has 0 amide bonds. The smallest absolute Gasteiger partial charge is 0.416 e. The van der Waals surface area contributed by atoms with E-state index in [1.54, 1.807) is 24.3 Å². The third-order valence-corrected chi connectivity index (χ3v) is 6.38. The Labute approximate surface area is 164 Å². The number of halogens is 3. The SMILES string of the molecule is O=S(=O)(Cc1noc2ccccc12)N1CCC(Oc2cc(C(F)(F)F)ccn2)C1. The normalized spacial score (nSPS) is 18.4. The summed E-state index contributed by atoms with van der Waals surface area (Å²) >= 11 is 0. The third-order valence-electron chi connectivity index (χ3n) is 4.62. The molecule has 0 saturated carbocycles. The molecule has 1 fully saturated rings. The summed E-state index contributed by atoms with van der Waals surface area (Å²) < 4.78 is 75.8. The summed E-state index contributed by atoms with van der Waals surface area (Å²) in [7, 11) is -3.70. The molecule has 1 aliphatic heterocycles. The van der Waals surface area contributed by atoms with E-state index in [0.717, 1.165) is 18.3 Å². The van der Waals surface area contributed by atoms with Gasteiger partial charge in [-0.15, -0.1) is 0 Å². The zero-order valence-electron chi connectivity index (χ0n) is 15.0. The van der Waals surface area contributed by atoms with E-state index in [0.29, 0.717) is 23.1 Å². The van der Waals surface area contributed by atoms with E-state index in [-0.39, 0.29) is 24.7 Å². The molecule has 29 heavy (non-hydrogen) atoms. The molecule has 0 spiro atoms. The molecule has 7 nitrogen and oxygen atoms in total. The fourth-order valence-electron chi connectivity index (χ4n) is 3.17. The van der Waals surface area contributed by atoms with Gasteiger partial charge in [0.05, 0.1) is 12.1 Å². The number of rotatable bonds is 5. The summed E-state index contributed by atoms with van der Waals surface area (Å²) in [4.78, 5) is 3.79. The number of alkyl halides is 3. The van der Waals surface area contributed by atoms with Crippen molar-refractivity contribution >= 4 is 21.0 Å². The van der Waals surface area contributed by atoms with Gasteiger partial charge in [0, 0.05) is 24.2 Å². The van der Waals surface area contributed by atoms with Gasteiger partial charge in [0.25, 0.3) is 0 Å². The second-order valence-corrected chi connectivity index (χ2v) is 8.62. The van der Waals surface area contributed by atoms with Crippen molar-refractivity contribution in [3.63, 3.8) is 0 Å². The maximum absolute atomic E-state index is 12.8. The predicted molar refractivity (Wildman–Crippen MR) is 96.5 cm³/mol. The number of ether oxygens (including phenoxy) is 1. The Hall–Kier alpha value is -2.66. The van der Waals surface area contributed by atoms with E-state index in [1.165, 1.54) is 4.31 Å². The standard InChI is InChI=1S/C18H16F3N3O4S/c19-18(20,21)12-5-7-22-17(9-12)27-13-6-8-24(10-13)29(25,26)11-15-14-3-1-2-4-16(14)28-23-15/h1-5,7,9,13H,6,8,10-11H2. The van der Waals surface area contributed by atoms with Gasteiger partial charge in [-0.1, -0.05) is 17.3 Å². The van der Waals surface area contributed by atoms with Crippen molar-refractivity contribution in [3.05, 3.63) is 53.9 Å². The Morgan fingerprint density at radius 3 is 2.83 bits per heavy atom. The van der Waals surface area contributed by atoms with Crippen LogP contribution in [0.3, 0.4) is 0 Å². The van der Waals surface area contributed by atoms with Crippen LogP contribution in [0.4, 0.5) is 13.2 Å². The first-order chi connectivity index (χ1) is 13.7. The largest absolute Gasteiger partial charge is 0.473 e. The Kier molecular flexibility index (Phi) is 4.95. The second kappa shape index (κ2) is 7.30. The Morgan fingerprint density at radius 2 is 2.03 bits per heavy atom. The van der Waals surface area contributed by atoms with Crippen molar-refractivity contribution in [2.45, 2.75) is 24.5 Å². The van der Waals surface area contributed by atoms with Crippen LogP contribution in [0.2, 0.25) is 0 Å². The van der Waals surface area contributed by atoms with E-state index >= 15 is 0 Å². The third kappa shape index (κ3) is 4.20. The molecule has 1 unspecified atom stereocenters. The first kappa shape index (κ1) is 19.6. The molecular weight excluding hydrogens is 411 g/mol. The molecule has 154 valence electrons. The van der Waals surface area contributed by atoms with Gasteiger partial charge in [0.15, 0.2) is 5.58 Å². The summed E-state index contributed by atoms with van der Waals surface area (Å²) in [6.07, 6.45) is -3.74. The highest BCUT2D eigenvalue weighted by Crippen LogP contribution is 2.31. The molecule has 1 aliphatic rings. The molecule has 0 bridgehead atoms. The average Bonchev–Trinajstić information content (AvgIpc) is 3.29. The fraction of sp³-hybridized carbons (Fsp3) is 0.333. The summed E-state index contributed by atoms with van der Waals surface area (Å²) in [5, 5.41) is 4.46. The van der Waals surface area contributed by atoms with Gasteiger partial charge in [-0.3, -0.25) is 0 Å². The second-order valence-electron chi connectivity index (χ2n) is 6.65. The topological polar surface area (TPSA) is 85.5 Å². The van der Waals surface area contributed by atoms with Gasteiger partial charge >= 0.3 is 6.18 Å². The highest BCUT2D eigenvalue weighted by Gasteiger charge is 2.35. The molecule has 1 atom stereocenters. The highest BCUT2D eigenvalue weighted by molar-refractivity contribution is 7.88.